The third kappa shape index (κ3) is 5.38. The third-order valence-electron chi connectivity index (χ3n) is 3.09. The van der Waals surface area contributed by atoms with Gasteiger partial charge in [0.2, 0.25) is 10.0 Å². The number of primary sulfonamides is 1. The second-order valence-corrected chi connectivity index (χ2v) is 6.84. The van der Waals surface area contributed by atoms with Crippen LogP contribution in [0, 0.1) is 0 Å². The molecule has 0 aliphatic heterocycles. The average molecular weight is 366 g/mol. The van der Waals surface area contributed by atoms with Gasteiger partial charge in [-0.25, -0.2) is 18.4 Å². The molecule has 0 bridgehead atoms. The van der Waals surface area contributed by atoms with E-state index >= 15 is 0 Å². The molecule has 0 radical (unpaired) electrons. The summed E-state index contributed by atoms with van der Waals surface area (Å²) in [5.74, 6) is 0. The second-order valence-electron chi connectivity index (χ2n) is 4.87. The van der Waals surface area contributed by atoms with E-state index in [9.17, 15) is 13.2 Å². The van der Waals surface area contributed by atoms with E-state index in [-0.39, 0.29) is 11.4 Å². The summed E-state index contributed by atoms with van der Waals surface area (Å²) in [6, 6.07) is 12.8. The number of halogens is 1. The number of rotatable bonds is 5. The number of nitrogens with two attached hydrogens (primary N) is 1. The largest absolute Gasteiger partial charge is 0.334 e. The zero-order valence-corrected chi connectivity index (χ0v) is 14.1. The molecule has 0 saturated carbocycles. The van der Waals surface area contributed by atoms with E-state index in [0.717, 1.165) is 11.1 Å². The number of carbonyl (C=O) groups is 1. The highest BCUT2D eigenvalue weighted by Gasteiger charge is 2.06. The van der Waals surface area contributed by atoms with Gasteiger partial charge >= 0.3 is 6.03 Å². The Labute approximate surface area is 145 Å². The van der Waals surface area contributed by atoms with Crippen LogP contribution in [-0.4, -0.2) is 14.4 Å². The first-order valence-corrected chi connectivity index (χ1v) is 8.86. The van der Waals surface area contributed by atoms with Gasteiger partial charge in [0.25, 0.3) is 0 Å². The second kappa shape index (κ2) is 7.96. The molecule has 2 aromatic carbocycles. The first kappa shape index (κ1) is 18.0. The molecule has 6 nitrogen and oxygen atoms in total. The van der Waals surface area contributed by atoms with Gasteiger partial charge in [-0.3, -0.25) is 0 Å². The minimum atomic E-state index is -3.71. The van der Waals surface area contributed by atoms with Crippen molar-refractivity contribution in [3.05, 3.63) is 70.9 Å². The van der Waals surface area contributed by atoms with Crippen molar-refractivity contribution in [2.24, 2.45) is 5.14 Å². The summed E-state index contributed by atoms with van der Waals surface area (Å²) in [6.07, 6.45) is 3.17. The number of hydrogen-bond donors (Lipinski definition) is 3. The highest BCUT2D eigenvalue weighted by molar-refractivity contribution is 7.89. The van der Waals surface area contributed by atoms with Gasteiger partial charge < -0.3 is 10.6 Å². The van der Waals surface area contributed by atoms with Crippen LogP contribution in [0.2, 0.25) is 5.02 Å². The zero-order chi connectivity index (χ0) is 17.6. The summed E-state index contributed by atoms with van der Waals surface area (Å²) in [5.41, 5.74) is 1.53. The number of hydrogen-bond acceptors (Lipinski definition) is 3. The van der Waals surface area contributed by atoms with E-state index in [1.807, 2.05) is 18.2 Å². The fraction of sp³-hybridized carbons (Fsp3) is 0.0625. The maximum absolute atomic E-state index is 11.7. The minimum Gasteiger partial charge on any atom is -0.334 e. The Balaban J connectivity index is 1.84. The van der Waals surface area contributed by atoms with Gasteiger partial charge in [0.15, 0.2) is 0 Å². The zero-order valence-electron chi connectivity index (χ0n) is 12.6. The van der Waals surface area contributed by atoms with E-state index in [1.54, 1.807) is 24.3 Å². The molecule has 0 spiro atoms. The molecule has 0 saturated heterocycles. The van der Waals surface area contributed by atoms with E-state index in [2.05, 4.69) is 10.6 Å². The molecule has 2 amide bonds. The molecule has 0 fully saturated rings. The fourth-order valence-corrected chi connectivity index (χ4v) is 2.56. The molecule has 2 rings (SSSR count). The van der Waals surface area contributed by atoms with Crippen LogP contribution in [0.3, 0.4) is 0 Å². The van der Waals surface area contributed by atoms with E-state index in [1.165, 1.54) is 18.3 Å². The van der Waals surface area contributed by atoms with E-state index in [0.29, 0.717) is 5.02 Å². The Kier molecular flexibility index (Phi) is 5.97. The predicted octanol–water partition coefficient (Wildman–Crippen LogP) is 2.46. The SMILES string of the molecule is NS(=O)(=O)c1ccc(CNC(=O)N/C=C/c2ccccc2Cl)cc1. The molecule has 0 atom stereocenters. The topological polar surface area (TPSA) is 101 Å². The lowest BCUT2D eigenvalue weighted by atomic mass is 10.2. The summed E-state index contributed by atoms with van der Waals surface area (Å²) < 4.78 is 22.3. The van der Waals surface area contributed by atoms with Crippen molar-refractivity contribution >= 4 is 33.7 Å². The van der Waals surface area contributed by atoms with Gasteiger partial charge in [-0.2, -0.15) is 0 Å². The molecule has 8 heteroatoms. The summed E-state index contributed by atoms with van der Waals surface area (Å²) in [6.45, 7) is 0.247. The Morgan fingerprint density at radius 3 is 2.42 bits per heavy atom. The molecular formula is C16H16ClN3O3S. The number of amides is 2. The minimum absolute atomic E-state index is 0.0263. The van der Waals surface area contributed by atoms with Gasteiger partial charge in [-0.1, -0.05) is 41.9 Å². The van der Waals surface area contributed by atoms with Gasteiger partial charge in [-0.15, -0.1) is 0 Å². The summed E-state index contributed by atoms with van der Waals surface area (Å²) in [5, 5.41) is 10.8. The van der Waals surface area contributed by atoms with Crippen molar-refractivity contribution in [3.63, 3.8) is 0 Å². The van der Waals surface area contributed by atoms with Gasteiger partial charge in [-0.05, 0) is 35.4 Å². The van der Waals surface area contributed by atoms with Crippen molar-refractivity contribution in [3.8, 4) is 0 Å². The van der Waals surface area contributed by atoms with Crippen molar-refractivity contribution in [2.75, 3.05) is 0 Å². The van der Waals surface area contributed by atoms with Crippen LogP contribution >= 0.6 is 11.6 Å². The van der Waals surface area contributed by atoms with Crippen molar-refractivity contribution < 1.29 is 13.2 Å². The van der Waals surface area contributed by atoms with Crippen LogP contribution in [0.4, 0.5) is 4.79 Å². The van der Waals surface area contributed by atoms with Gasteiger partial charge in [0, 0.05) is 17.8 Å². The normalized spacial score (nSPS) is 11.4. The van der Waals surface area contributed by atoms with Crippen LogP contribution in [0.5, 0.6) is 0 Å². The average Bonchev–Trinajstić information content (AvgIpc) is 2.54. The maximum Gasteiger partial charge on any atom is 0.319 e. The lowest BCUT2D eigenvalue weighted by Crippen LogP contribution is -2.31. The van der Waals surface area contributed by atoms with Crippen LogP contribution in [0.1, 0.15) is 11.1 Å². The van der Waals surface area contributed by atoms with Crippen molar-refractivity contribution in [2.45, 2.75) is 11.4 Å². The summed E-state index contributed by atoms with van der Waals surface area (Å²) >= 11 is 5.99. The molecule has 0 aliphatic carbocycles. The van der Waals surface area contributed by atoms with Gasteiger partial charge in [0.1, 0.15) is 0 Å². The number of sulfonamides is 1. The van der Waals surface area contributed by atoms with E-state index < -0.39 is 16.1 Å². The van der Waals surface area contributed by atoms with Crippen molar-refractivity contribution in [1.82, 2.24) is 10.6 Å². The van der Waals surface area contributed by atoms with Crippen LogP contribution < -0.4 is 15.8 Å². The molecule has 2 aromatic rings. The number of nitrogens with one attached hydrogen (secondary N) is 2. The predicted molar refractivity (Wildman–Crippen MR) is 93.7 cm³/mol. The number of carbonyl (C=O) groups excluding carboxylic acids is 1. The van der Waals surface area contributed by atoms with Crippen LogP contribution in [0.25, 0.3) is 6.08 Å². The fourth-order valence-electron chi connectivity index (χ4n) is 1.85. The Hall–Kier alpha value is -2.35. The molecular weight excluding hydrogens is 350 g/mol. The number of urea groups is 1. The highest BCUT2D eigenvalue weighted by Crippen LogP contribution is 2.15. The Morgan fingerprint density at radius 2 is 1.79 bits per heavy atom. The molecule has 0 heterocycles. The summed E-state index contributed by atoms with van der Waals surface area (Å²) in [7, 11) is -3.71. The highest BCUT2D eigenvalue weighted by atomic mass is 35.5. The molecule has 0 unspecified atom stereocenters. The monoisotopic (exact) mass is 365 g/mol. The van der Waals surface area contributed by atoms with Crippen LogP contribution in [0.15, 0.2) is 59.6 Å². The lowest BCUT2D eigenvalue weighted by molar-refractivity contribution is 0.244. The molecule has 24 heavy (non-hydrogen) atoms. The van der Waals surface area contributed by atoms with Crippen molar-refractivity contribution in [1.29, 1.82) is 0 Å². The lowest BCUT2D eigenvalue weighted by Gasteiger charge is -2.06. The molecule has 4 N–H and O–H groups in total. The maximum atomic E-state index is 11.7. The molecule has 126 valence electrons. The number of benzene rings is 2. The first-order chi connectivity index (χ1) is 11.4. The van der Waals surface area contributed by atoms with Crippen LogP contribution in [-0.2, 0) is 16.6 Å². The standard InChI is InChI=1S/C16H16ClN3O3S/c17-15-4-2-1-3-13(15)9-10-19-16(21)20-11-12-5-7-14(8-6-12)24(18,22)23/h1-10H,11H2,(H2,18,22,23)(H2,19,20,21)/b10-9+. The van der Waals surface area contributed by atoms with E-state index in [4.69, 9.17) is 16.7 Å². The summed E-state index contributed by atoms with van der Waals surface area (Å²) in [4.78, 5) is 11.7. The molecule has 0 aromatic heterocycles. The third-order valence-corrected chi connectivity index (χ3v) is 4.36. The quantitative estimate of drug-likeness (QED) is 0.758. The Bertz CT molecular complexity index is 849. The smallest absolute Gasteiger partial charge is 0.319 e. The first-order valence-electron chi connectivity index (χ1n) is 6.93. The molecule has 0 aliphatic rings. The van der Waals surface area contributed by atoms with Gasteiger partial charge in [0.05, 0.1) is 4.90 Å². The Morgan fingerprint density at radius 1 is 1.12 bits per heavy atom.